The van der Waals surface area contributed by atoms with Crippen LogP contribution in [0.2, 0.25) is 15.3 Å². The molecule has 0 amide bonds. The van der Waals surface area contributed by atoms with Crippen LogP contribution in [0.3, 0.4) is 0 Å². The third kappa shape index (κ3) is 16.2. The third-order valence-electron chi connectivity index (χ3n) is 9.80. The summed E-state index contributed by atoms with van der Waals surface area (Å²) in [6.07, 6.45) is 8.35. The van der Waals surface area contributed by atoms with Crippen LogP contribution in [-0.4, -0.2) is 82.2 Å². The quantitative estimate of drug-likeness (QED) is 0.0544. The first-order valence-corrected chi connectivity index (χ1v) is 21.7. The molecule has 61 heavy (non-hydrogen) atoms. The largest absolute Gasteiger partial charge is 0.492 e. The van der Waals surface area contributed by atoms with E-state index in [0.29, 0.717) is 47.3 Å². The maximum atomic E-state index is 6.25. The van der Waals surface area contributed by atoms with E-state index < -0.39 is 0 Å². The van der Waals surface area contributed by atoms with E-state index >= 15 is 0 Å². The topological polar surface area (TPSA) is 139 Å². The van der Waals surface area contributed by atoms with E-state index in [4.69, 9.17) is 50.0 Å². The molecule has 0 saturated carbocycles. The van der Waals surface area contributed by atoms with Crippen molar-refractivity contribution in [2.75, 3.05) is 74.2 Å². The number of aromatic nitrogens is 4. The Hall–Kier alpha value is -5.37. The summed E-state index contributed by atoms with van der Waals surface area (Å²) < 4.78 is 11.5. The van der Waals surface area contributed by atoms with Gasteiger partial charge in [0, 0.05) is 37.6 Å². The fourth-order valence-corrected chi connectivity index (χ4v) is 6.96. The summed E-state index contributed by atoms with van der Waals surface area (Å²) in [5, 5.41) is 10.7. The van der Waals surface area contributed by atoms with Gasteiger partial charge in [-0.25, -0.2) is 9.97 Å². The predicted molar refractivity (Wildman–Crippen MR) is 250 cm³/mol. The average Bonchev–Trinajstić information content (AvgIpc) is 4.02. The number of nitrogens with two attached hydrogens (primary N) is 1. The van der Waals surface area contributed by atoms with E-state index in [1.165, 1.54) is 58.1 Å². The molecule has 4 aromatic carbocycles. The Labute approximate surface area is 373 Å². The van der Waals surface area contributed by atoms with E-state index in [0.717, 1.165) is 53.7 Å². The molecule has 2 aliphatic rings. The molecule has 0 bridgehead atoms. The highest BCUT2D eigenvalue weighted by atomic mass is 35.5. The van der Waals surface area contributed by atoms with Gasteiger partial charge in [-0.1, -0.05) is 83.9 Å². The highest BCUT2D eigenvalue weighted by Crippen LogP contribution is 2.24. The van der Waals surface area contributed by atoms with Gasteiger partial charge in [-0.3, -0.25) is 9.80 Å². The number of nitrogens with one attached hydrogen (secondary N) is 3. The molecule has 0 radical (unpaired) electrons. The monoisotopic (exact) mass is 882 g/mol. The second kappa shape index (κ2) is 24.8. The average molecular weight is 884 g/mol. The van der Waals surface area contributed by atoms with Crippen LogP contribution in [0.5, 0.6) is 11.5 Å². The van der Waals surface area contributed by atoms with Crippen molar-refractivity contribution < 1.29 is 9.47 Å². The Kier molecular flexibility index (Phi) is 18.3. The Morgan fingerprint density at radius 1 is 0.557 bits per heavy atom. The zero-order chi connectivity index (χ0) is 42.5. The van der Waals surface area contributed by atoms with E-state index in [2.05, 4.69) is 57.8 Å². The zero-order valence-electron chi connectivity index (χ0n) is 34.2. The van der Waals surface area contributed by atoms with Crippen LogP contribution in [0.15, 0.2) is 122 Å². The van der Waals surface area contributed by atoms with Crippen molar-refractivity contribution in [1.82, 2.24) is 29.7 Å². The molecule has 320 valence electrons. The Balaban J connectivity index is 0.000000169. The summed E-state index contributed by atoms with van der Waals surface area (Å²) >= 11 is 17.8. The van der Waals surface area contributed by atoms with E-state index in [1.54, 1.807) is 6.20 Å². The van der Waals surface area contributed by atoms with Crippen molar-refractivity contribution in [2.45, 2.75) is 38.8 Å². The van der Waals surface area contributed by atoms with Crippen molar-refractivity contribution in [3.8, 4) is 11.5 Å². The van der Waals surface area contributed by atoms with Gasteiger partial charge in [-0.2, -0.15) is 9.97 Å². The SMILES string of the molecule is Clc1cnc(Nc2ccc(OCCN3CCCC3)cc2)nc1NCc1ccccc1.Clc1ncc(Cl)c(NCc2ccccc2)n1.Nc1ccc(OCCN2CCCC2)cc1. The van der Waals surface area contributed by atoms with Gasteiger partial charge in [0.15, 0.2) is 5.82 Å². The molecule has 2 aliphatic heterocycles. The molecule has 8 rings (SSSR count). The maximum Gasteiger partial charge on any atom is 0.229 e. The molecule has 6 aromatic rings. The number of nitrogens with zero attached hydrogens (tertiary/aromatic N) is 6. The van der Waals surface area contributed by atoms with E-state index in [-0.39, 0.29) is 5.28 Å². The lowest BCUT2D eigenvalue weighted by Crippen LogP contribution is -2.25. The van der Waals surface area contributed by atoms with Crippen LogP contribution >= 0.6 is 34.8 Å². The number of benzene rings is 4. The normalized spacial score (nSPS) is 13.6. The molecular weight excluding hydrogens is 831 g/mol. The minimum Gasteiger partial charge on any atom is -0.492 e. The van der Waals surface area contributed by atoms with Crippen LogP contribution in [-0.2, 0) is 13.1 Å². The molecule has 2 saturated heterocycles. The molecule has 0 aliphatic carbocycles. The van der Waals surface area contributed by atoms with Crippen molar-refractivity contribution in [3.63, 3.8) is 0 Å². The van der Waals surface area contributed by atoms with E-state index in [1.807, 2.05) is 97.1 Å². The van der Waals surface area contributed by atoms with Gasteiger partial charge in [0.1, 0.15) is 40.6 Å². The van der Waals surface area contributed by atoms with Crippen LogP contribution in [0, 0.1) is 0 Å². The molecule has 0 unspecified atom stereocenters. The van der Waals surface area contributed by atoms with Crippen molar-refractivity contribution in [1.29, 1.82) is 0 Å². The second-order valence-electron chi connectivity index (χ2n) is 14.4. The first-order chi connectivity index (χ1) is 29.9. The molecule has 2 aromatic heterocycles. The van der Waals surface area contributed by atoms with E-state index in [9.17, 15) is 0 Å². The van der Waals surface area contributed by atoms with Crippen LogP contribution in [0.25, 0.3) is 0 Å². The van der Waals surface area contributed by atoms with Gasteiger partial charge >= 0.3 is 0 Å². The number of likely N-dealkylation sites (tertiary alicyclic amines) is 2. The lowest BCUT2D eigenvalue weighted by Gasteiger charge is -2.15. The summed E-state index contributed by atoms with van der Waals surface area (Å²) in [4.78, 5) is 21.4. The number of hydrogen-bond acceptors (Lipinski definition) is 12. The number of halogens is 3. The van der Waals surface area contributed by atoms with Gasteiger partial charge in [-0.05, 0) is 123 Å². The zero-order valence-corrected chi connectivity index (χ0v) is 36.4. The number of ether oxygens (including phenoxy) is 2. The molecule has 4 heterocycles. The second-order valence-corrected chi connectivity index (χ2v) is 15.6. The van der Waals surface area contributed by atoms with Gasteiger partial charge in [0.2, 0.25) is 11.2 Å². The standard InChI is InChI=1S/C23H26ClN5O.C12H18N2O.C11H9Cl2N3/c24-21-17-26-23(28-22(21)25-16-18-6-2-1-3-7-18)27-19-8-10-20(11-9-19)30-15-14-29-12-4-5-13-29;13-11-3-5-12(6-4-11)15-10-9-14-7-1-2-8-14;12-9-7-15-11(13)16-10(9)14-6-8-4-2-1-3-5-8/h1-3,6-11,17H,4-5,12-16H2,(H2,25,26,27,28);3-6H,1-2,7-10,13H2;1-5,7H,6H2,(H,14,15,16). The molecule has 12 nitrogen and oxygen atoms in total. The Morgan fingerprint density at radius 2 is 1.02 bits per heavy atom. The summed E-state index contributed by atoms with van der Waals surface area (Å²) in [5.41, 5.74) is 9.56. The number of nitrogen functional groups attached to an aromatic ring is 1. The Bertz CT molecular complexity index is 2160. The molecule has 0 atom stereocenters. The fraction of sp³-hybridized carbons (Fsp3) is 0.304. The first kappa shape index (κ1) is 45.2. The minimum absolute atomic E-state index is 0.181. The predicted octanol–water partition coefficient (Wildman–Crippen LogP) is 10.1. The highest BCUT2D eigenvalue weighted by molar-refractivity contribution is 6.33. The highest BCUT2D eigenvalue weighted by Gasteiger charge is 2.12. The van der Waals surface area contributed by atoms with Crippen LogP contribution < -0.4 is 31.2 Å². The number of hydrogen-bond donors (Lipinski definition) is 4. The van der Waals surface area contributed by atoms with Crippen LogP contribution in [0.1, 0.15) is 36.8 Å². The lowest BCUT2D eigenvalue weighted by molar-refractivity contribution is 0.237. The Morgan fingerprint density at radius 3 is 1.52 bits per heavy atom. The number of anilines is 5. The smallest absolute Gasteiger partial charge is 0.229 e. The lowest BCUT2D eigenvalue weighted by atomic mass is 10.2. The summed E-state index contributed by atoms with van der Waals surface area (Å²) in [7, 11) is 0. The van der Waals surface area contributed by atoms with Crippen LogP contribution in [0.4, 0.5) is 29.0 Å². The molecule has 0 spiro atoms. The summed E-state index contributed by atoms with van der Waals surface area (Å²) in [6.45, 7) is 9.62. The van der Waals surface area contributed by atoms with Gasteiger partial charge in [-0.15, -0.1) is 0 Å². The maximum absolute atomic E-state index is 6.25. The molecule has 5 N–H and O–H groups in total. The number of rotatable bonds is 16. The molecule has 2 fully saturated rings. The molecule has 15 heteroatoms. The molecular formula is C46H53Cl3N10O2. The third-order valence-corrected chi connectivity index (χ3v) is 10.5. The minimum atomic E-state index is 0.181. The van der Waals surface area contributed by atoms with Gasteiger partial charge in [0.25, 0.3) is 0 Å². The van der Waals surface area contributed by atoms with Gasteiger partial charge < -0.3 is 31.2 Å². The first-order valence-electron chi connectivity index (χ1n) is 20.6. The van der Waals surface area contributed by atoms with Crippen molar-refractivity contribution in [3.05, 3.63) is 148 Å². The van der Waals surface area contributed by atoms with Crippen molar-refractivity contribution >= 4 is 63.8 Å². The van der Waals surface area contributed by atoms with Crippen molar-refractivity contribution in [2.24, 2.45) is 0 Å². The summed E-state index contributed by atoms with van der Waals surface area (Å²) in [5.74, 6) is 3.40. The van der Waals surface area contributed by atoms with Gasteiger partial charge in [0.05, 0.1) is 12.4 Å². The fourth-order valence-electron chi connectivity index (χ4n) is 6.51. The summed E-state index contributed by atoms with van der Waals surface area (Å²) in [6, 6.07) is 35.5.